The van der Waals surface area contributed by atoms with E-state index in [4.69, 9.17) is 5.73 Å². The van der Waals surface area contributed by atoms with E-state index in [9.17, 15) is 4.79 Å². The summed E-state index contributed by atoms with van der Waals surface area (Å²) in [5.41, 5.74) is 9.56. The number of rotatable bonds is 4. The lowest BCUT2D eigenvalue weighted by Crippen LogP contribution is -2.39. The van der Waals surface area contributed by atoms with E-state index in [0.29, 0.717) is 6.42 Å². The topological polar surface area (TPSA) is 62.1 Å². The molecule has 27 heavy (non-hydrogen) atoms. The summed E-state index contributed by atoms with van der Waals surface area (Å²) in [5.74, 6) is 0.143. The third-order valence-electron chi connectivity index (χ3n) is 5.36. The van der Waals surface area contributed by atoms with Crippen molar-refractivity contribution in [2.45, 2.75) is 37.8 Å². The molecule has 1 amide bonds. The first-order valence-electron chi connectivity index (χ1n) is 9.40. The zero-order valence-electron chi connectivity index (χ0n) is 15.3. The van der Waals surface area contributed by atoms with Gasteiger partial charge in [0, 0.05) is 30.2 Å². The molecule has 3 aromatic rings. The Morgan fingerprint density at radius 1 is 1.11 bits per heavy atom. The van der Waals surface area contributed by atoms with Crippen molar-refractivity contribution in [3.63, 3.8) is 0 Å². The lowest BCUT2D eigenvalue weighted by molar-refractivity contribution is -0.135. The molecule has 0 saturated carbocycles. The second-order valence-corrected chi connectivity index (χ2v) is 7.13. The van der Waals surface area contributed by atoms with Crippen LogP contribution < -0.4 is 5.73 Å². The maximum Gasteiger partial charge on any atom is 0.225 e. The predicted molar refractivity (Wildman–Crippen MR) is 112 cm³/mol. The fourth-order valence-electron chi connectivity index (χ4n) is 3.95. The Bertz CT molecular complexity index is 860. The number of aromatic amines is 1. The molecule has 1 aromatic heterocycles. The first-order valence-corrected chi connectivity index (χ1v) is 9.40. The second kappa shape index (κ2) is 8.59. The van der Waals surface area contributed by atoms with Crippen LogP contribution in [0.5, 0.6) is 0 Å². The summed E-state index contributed by atoms with van der Waals surface area (Å²) in [6, 6.07) is 20.2. The van der Waals surface area contributed by atoms with Gasteiger partial charge in [-0.3, -0.25) is 4.79 Å². The Hall–Kier alpha value is -2.30. The Morgan fingerprint density at radius 3 is 2.63 bits per heavy atom. The number of para-hydroxylation sites is 1. The minimum absolute atomic E-state index is 0. The Labute approximate surface area is 166 Å². The van der Waals surface area contributed by atoms with Gasteiger partial charge in [0.2, 0.25) is 5.91 Å². The van der Waals surface area contributed by atoms with Crippen molar-refractivity contribution in [2.75, 3.05) is 6.54 Å². The van der Waals surface area contributed by atoms with E-state index in [0.717, 1.165) is 42.6 Å². The number of benzene rings is 2. The summed E-state index contributed by atoms with van der Waals surface area (Å²) >= 11 is 0. The minimum atomic E-state index is -0.256. The van der Waals surface area contributed by atoms with Crippen LogP contribution in [0.3, 0.4) is 0 Å². The molecule has 0 aliphatic carbocycles. The van der Waals surface area contributed by atoms with Crippen LogP contribution in [0.2, 0.25) is 0 Å². The highest BCUT2D eigenvalue weighted by atomic mass is 35.5. The number of aromatic nitrogens is 1. The second-order valence-electron chi connectivity index (χ2n) is 7.13. The molecule has 2 atom stereocenters. The van der Waals surface area contributed by atoms with Crippen molar-refractivity contribution in [1.29, 1.82) is 0 Å². The Kier molecular flexibility index (Phi) is 6.19. The molecule has 0 radical (unpaired) electrons. The van der Waals surface area contributed by atoms with Gasteiger partial charge in [-0.15, -0.1) is 12.4 Å². The highest BCUT2D eigenvalue weighted by Gasteiger charge is 2.30. The fourth-order valence-corrected chi connectivity index (χ4v) is 3.95. The quantitative estimate of drug-likeness (QED) is 0.683. The number of hydrogen-bond acceptors (Lipinski definition) is 2. The molecule has 0 bridgehead atoms. The van der Waals surface area contributed by atoms with Gasteiger partial charge in [0.1, 0.15) is 0 Å². The average Bonchev–Trinajstić information content (AvgIpc) is 3.12. The van der Waals surface area contributed by atoms with E-state index < -0.39 is 0 Å². The number of carbonyl (C=O) groups excluding carboxylic acids is 1. The van der Waals surface area contributed by atoms with Crippen molar-refractivity contribution in [3.8, 4) is 0 Å². The molecule has 0 spiro atoms. The van der Waals surface area contributed by atoms with Gasteiger partial charge in [0.05, 0.1) is 6.04 Å². The molecule has 1 aliphatic heterocycles. The summed E-state index contributed by atoms with van der Waals surface area (Å²) in [6.45, 7) is 0.806. The Morgan fingerprint density at radius 2 is 1.85 bits per heavy atom. The molecule has 5 heteroatoms. The number of nitrogens with zero attached hydrogens (tertiary/aromatic N) is 1. The number of carbonyl (C=O) groups is 1. The number of H-pyrrole nitrogens is 1. The van der Waals surface area contributed by atoms with Crippen LogP contribution in [0.25, 0.3) is 10.9 Å². The normalized spacial score (nSPS) is 18.1. The van der Waals surface area contributed by atoms with Crippen molar-refractivity contribution >= 4 is 29.2 Å². The molecule has 3 N–H and O–H groups in total. The van der Waals surface area contributed by atoms with Gasteiger partial charge in [0.25, 0.3) is 0 Å². The van der Waals surface area contributed by atoms with Gasteiger partial charge in [-0.1, -0.05) is 48.5 Å². The number of amides is 1. The molecule has 2 heterocycles. The van der Waals surface area contributed by atoms with E-state index in [1.807, 2.05) is 47.4 Å². The summed E-state index contributed by atoms with van der Waals surface area (Å²) in [5, 5.41) is 1.20. The van der Waals surface area contributed by atoms with Gasteiger partial charge in [-0.2, -0.15) is 0 Å². The van der Waals surface area contributed by atoms with E-state index in [-0.39, 0.29) is 30.4 Å². The molecule has 2 aromatic carbocycles. The van der Waals surface area contributed by atoms with Crippen LogP contribution in [0, 0.1) is 0 Å². The number of likely N-dealkylation sites (tertiary alicyclic amines) is 1. The fraction of sp³-hybridized carbons (Fsp3) is 0.318. The van der Waals surface area contributed by atoms with Crippen molar-refractivity contribution in [2.24, 2.45) is 5.73 Å². The van der Waals surface area contributed by atoms with Gasteiger partial charge in [0.15, 0.2) is 0 Å². The van der Waals surface area contributed by atoms with E-state index in [2.05, 4.69) is 23.2 Å². The van der Waals surface area contributed by atoms with E-state index in [1.165, 1.54) is 5.39 Å². The number of fused-ring (bicyclic) bond motifs is 1. The average molecular weight is 384 g/mol. The molecular weight excluding hydrogens is 358 g/mol. The number of nitrogens with two attached hydrogens (primary N) is 1. The first-order chi connectivity index (χ1) is 12.7. The number of halogens is 1. The van der Waals surface area contributed by atoms with Crippen LogP contribution in [0.1, 0.15) is 49.0 Å². The maximum atomic E-state index is 13.0. The third-order valence-corrected chi connectivity index (χ3v) is 5.36. The number of piperidine rings is 1. The largest absolute Gasteiger partial charge is 0.357 e. The molecule has 4 rings (SSSR count). The zero-order valence-corrected chi connectivity index (χ0v) is 16.1. The van der Waals surface area contributed by atoms with Crippen LogP contribution >= 0.6 is 12.4 Å². The SMILES string of the molecule is Cl.NC(CC(=O)N1CCCCC1c1cc2ccccc2[nH]1)c1ccccc1. The lowest BCUT2D eigenvalue weighted by Gasteiger charge is -2.36. The Balaban J connectivity index is 0.00000210. The predicted octanol–water partition coefficient (Wildman–Crippen LogP) is 4.73. The lowest BCUT2D eigenvalue weighted by atomic mass is 9.97. The summed E-state index contributed by atoms with van der Waals surface area (Å²) in [6.07, 6.45) is 3.55. The molecule has 1 saturated heterocycles. The molecule has 1 fully saturated rings. The van der Waals surface area contributed by atoms with Gasteiger partial charge < -0.3 is 15.6 Å². The molecule has 1 aliphatic rings. The number of nitrogens with one attached hydrogen (secondary N) is 1. The van der Waals surface area contributed by atoms with Crippen LogP contribution in [-0.4, -0.2) is 22.3 Å². The van der Waals surface area contributed by atoms with E-state index >= 15 is 0 Å². The van der Waals surface area contributed by atoms with Crippen molar-refractivity contribution < 1.29 is 4.79 Å². The third kappa shape index (κ3) is 4.18. The highest BCUT2D eigenvalue weighted by molar-refractivity contribution is 5.85. The molecule has 142 valence electrons. The van der Waals surface area contributed by atoms with Crippen LogP contribution in [0.4, 0.5) is 0 Å². The summed E-state index contributed by atoms with van der Waals surface area (Å²) in [7, 11) is 0. The maximum absolute atomic E-state index is 13.0. The summed E-state index contributed by atoms with van der Waals surface area (Å²) < 4.78 is 0. The first kappa shape index (κ1) is 19.5. The molecule has 2 unspecified atom stereocenters. The van der Waals surface area contributed by atoms with Crippen LogP contribution in [0.15, 0.2) is 60.7 Å². The van der Waals surface area contributed by atoms with Gasteiger partial charge >= 0.3 is 0 Å². The standard InChI is InChI=1S/C22H25N3O.ClH/c23-18(16-8-2-1-3-9-16)15-22(26)25-13-7-6-12-21(25)20-14-17-10-4-5-11-19(17)24-20;/h1-5,8-11,14,18,21,24H,6-7,12-13,15,23H2;1H. The monoisotopic (exact) mass is 383 g/mol. The van der Waals surface area contributed by atoms with Crippen molar-refractivity contribution in [1.82, 2.24) is 9.88 Å². The van der Waals surface area contributed by atoms with Crippen LogP contribution in [-0.2, 0) is 4.79 Å². The molecule has 4 nitrogen and oxygen atoms in total. The minimum Gasteiger partial charge on any atom is -0.357 e. The highest BCUT2D eigenvalue weighted by Crippen LogP contribution is 2.33. The van der Waals surface area contributed by atoms with E-state index in [1.54, 1.807) is 0 Å². The zero-order chi connectivity index (χ0) is 17.9. The van der Waals surface area contributed by atoms with Gasteiger partial charge in [-0.05, 0) is 42.3 Å². The smallest absolute Gasteiger partial charge is 0.225 e. The number of hydrogen-bond donors (Lipinski definition) is 2. The molecular formula is C22H26ClN3O. The van der Waals surface area contributed by atoms with Gasteiger partial charge in [-0.25, -0.2) is 0 Å². The summed E-state index contributed by atoms with van der Waals surface area (Å²) in [4.78, 5) is 18.5. The van der Waals surface area contributed by atoms with Crippen molar-refractivity contribution in [3.05, 3.63) is 71.9 Å².